The number of carbonyl (C=O) groups excluding carboxylic acids is 1. The van der Waals surface area contributed by atoms with Crippen LogP contribution in [0.4, 0.5) is 16.3 Å². The lowest BCUT2D eigenvalue weighted by Crippen LogP contribution is -2.38. The van der Waals surface area contributed by atoms with Crippen molar-refractivity contribution in [1.82, 2.24) is 19.8 Å². The van der Waals surface area contributed by atoms with E-state index in [0.717, 1.165) is 59.3 Å². The summed E-state index contributed by atoms with van der Waals surface area (Å²) < 4.78 is 16.4. The molecule has 0 N–H and O–H groups in total. The molecule has 0 radical (unpaired) electrons. The Kier molecular flexibility index (Phi) is 12.8. The average Bonchev–Trinajstić information content (AvgIpc) is 3.13. The molecule has 5 rings (SSSR count). The van der Waals surface area contributed by atoms with E-state index in [9.17, 15) is 4.79 Å². The lowest BCUT2D eigenvalue weighted by Gasteiger charge is -2.30. The molecule has 1 amide bonds. The van der Waals surface area contributed by atoms with Crippen molar-refractivity contribution in [3.05, 3.63) is 113 Å². The maximum Gasteiger partial charge on any atom is 0.410 e. The second-order valence-electron chi connectivity index (χ2n) is 14.5. The minimum absolute atomic E-state index is 0.329. The third kappa shape index (κ3) is 10.7. The number of hydrogen-bond acceptors (Lipinski definition) is 9. The van der Waals surface area contributed by atoms with E-state index in [1.165, 1.54) is 16.8 Å². The van der Waals surface area contributed by atoms with Crippen LogP contribution in [0.15, 0.2) is 85.1 Å². The smallest absolute Gasteiger partial charge is 0.410 e. The van der Waals surface area contributed by atoms with Crippen LogP contribution in [0.1, 0.15) is 55.3 Å². The summed E-state index contributed by atoms with van der Waals surface area (Å²) in [4.78, 5) is 31.6. The highest BCUT2D eigenvalue weighted by molar-refractivity contribution is 5.69. The van der Waals surface area contributed by atoms with Gasteiger partial charge in [-0.1, -0.05) is 42.5 Å². The van der Waals surface area contributed by atoms with Gasteiger partial charge in [0.15, 0.2) is 0 Å². The van der Waals surface area contributed by atoms with Gasteiger partial charge in [0.25, 0.3) is 0 Å². The van der Waals surface area contributed by atoms with Crippen LogP contribution in [0.25, 0.3) is 5.57 Å². The van der Waals surface area contributed by atoms with Gasteiger partial charge in [0.1, 0.15) is 22.9 Å². The van der Waals surface area contributed by atoms with E-state index >= 15 is 0 Å². The minimum Gasteiger partial charge on any atom is -0.497 e. The molecule has 10 heteroatoms. The van der Waals surface area contributed by atoms with Gasteiger partial charge in [0, 0.05) is 58.5 Å². The monoisotopic (exact) mass is 706 g/mol. The topological polar surface area (TPSA) is 83.5 Å². The maximum absolute atomic E-state index is 12.6. The summed E-state index contributed by atoms with van der Waals surface area (Å²) in [5.74, 6) is 2.45. The van der Waals surface area contributed by atoms with Gasteiger partial charge in [-0.2, -0.15) is 0 Å². The van der Waals surface area contributed by atoms with E-state index in [-0.39, 0.29) is 6.09 Å². The molecule has 1 aliphatic rings. The van der Waals surface area contributed by atoms with Crippen LogP contribution in [-0.4, -0.2) is 86.0 Å². The largest absolute Gasteiger partial charge is 0.497 e. The van der Waals surface area contributed by atoms with Gasteiger partial charge >= 0.3 is 6.09 Å². The van der Waals surface area contributed by atoms with Crippen LogP contribution >= 0.6 is 0 Å². The van der Waals surface area contributed by atoms with Crippen molar-refractivity contribution in [2.75, 3.05) is 64.3 Å². The predicted octanol–water partition coefficient (Wildman–Crippen LogP) is 7.60. The Morgan fingerprint density at radius 3 is 2.04 bits per heavy atom. The van der Waals surface area contributed by atoms with Crippen molar-refractivity contribution in [3.8, 4) is 11.5 Å². The average molecular weight is 707 g/mol. The Bertz CT molecular complexity index is 1750. The molecule has 0 unspecified atom stereocenters. The van der Waals surface area contributed by atoms with Crippen molar-refractivity contribution in [3.63, 3.8) is 0 Å². The molecule has 0 saturated heterocycles. The van der Waals surface area contributed by atoms with Gasteiger partial charge in [0.2, 0.25) is 0 Å². The number of nitrogens with zero attached hydrogens (tertiary/aromatic N) is 6. The third-order valence-electron chi connectivity index (χ3n) is 9.05. The highest BCUT2D eigenvalue weighted by Gasteiger charge is 2.23. The van der Waals surface area contributed by atoms with Gasteiger partial charge in [-0.15, -0.1) is 0 Å². The van der Waals surface area contributed by atoms with E-state index < -0.39 is 5.60 Å². The van der Waals surface area contributed by atoms with Crippen LogP contribution in [0.5, 0.6) is 11.5 Å². The molecule has 276 valence electrons. The van der Waals surface area contributed by atoms with Gasteiger partial charge in [0.05, 0.1) is 31.8 Å². The predicted molar refractivity (Wildman–Crippen MR) is 209 cm³/mol. The lowest BCUT2D eigenvalue weighted by molar-refractivity contribution is 0.0286. The molecule has 3 aromatic carbocycles. The fraction of sp³-hybridized carbons (Fsp3) is 0.405. The van der Waals surface area contributed by atoms with Crippen LogP contribution in [-0.2, 0) is 24.4 Å². The Balaban J connectivity index is 1.44. The highest BCUT2D eigenvalue weighted by atomic mass is 16.6. The fourth-order valence-corrected chi connectivity index (χ4v) is 6.08. The van der Waals surface area contributed by atoms with Crippen molar-refractivity contribution < 1.29 is 19.0 Å². The number of amides is 1. The first-order valence-corrected chi connectivity index (χ1v) is 17.9. The van der Waals surface area contributed by atoms with E-state index in [4.69, 9.17) is 24.2 Å². The quantitative estimate of drug-likeness (QED) is 0.132. The van der Waals surface area contributed by atoms with Crippen molar-refractivity contribution in [2.24, 2.45) is 0 Å². The van der Waals surface area contributed by atoms with Crippen LogP contribution in [0.3, 0.4) is 0 Å². The van der Waals surface area contributed by atoms with E-state index in [1.807, 2.05) is 51.2 Å². The highest BCUT2D eigenvalue weighted by Crippen LogP contribution is 2.30. The molecular formula is C42H54N6O4. The van der Waals surface area contributed by atoms with E-state index in [1.54, 1.807) is 26.2 Å². The molecule has 2 heterocycles. The molecule has 0 bridgehead atoms. The summed E-state index contributed by atoms with van der Waals surface area (Å²) in [5.41, 5.74) is 7.25. The van der Waals surface area contributed by atoms with Crippen molar-refractivity contribution >= 4 is 23.2 Å². The number of rotatable bonds is 14. The summed E-state index contributed by atoms with van der Waals surface area (Å²) in [5, 5.41) is 0. The van der Waals surface area contributed by atoms with Crippen LogP contribution in [0.2, 0.25) is 0 Å². The number of ether oxygens (including phenoxy) is 3. The maximum atomic E-state index is 12.6. The van der Waals surface area contributed by atoms with Gasteiger partial charge < -0.3 is 28.9 Å². The number of anilines is 2. The first-order valence-electron chi connectivity index (χ1n) is 17.9. The van der Waals surface area contributed by atoms with Crippen LogP contribution < -0.4 is 19.3 Å². The zero-order chi connectivity index (χ0) is 37.3. The number of aromatic nitrogens is 2. The number of carbonyl (C=O) groups is 1. The normalized spacial score (nSPS) is 13.1. The molecule has 0 spiro atoms. The molecule has 52 heavy (non-hydrogen) atoms. The number of aryl methyl sites for hydroxylation is 1. The summed E-state index contributed by atoms with van der Waals surface area (Å²) in [6.45, 7) is 12.5. The van der Waals surface area contributed by atoms with Crippen molar-refractivity contribution in [2.45, 2.75) is 59.4 Å². The second-order valence-corrected chi connectivity index (χ2v) is 14.5. The Morgan fingerprint density at radius 2 is 1.50 bits per heavy atom. The van der Waals surface area contributed by atoms with Gasteiger partial charge in [-0.3, -0.25) is 9.88 Å². The molecule has 0 fully saturated rings. The van der Waals surface area contributed by atoms with E-state index in [0.29, 0.717) is 32.7 Å². The van der Waals surface area contributed by atoms with Gasteiger partial charge in [-0.25, -0.2) is 9.78 Å². The second kappa shape index (κ2) is 17.4. The number of methoxy groups -OCH3 is 2. The molecule has 0 atom stereocenters. The summed E-state index contributed by atoms with van der Waals surface area (Å²) in [6.07, 6.45) is 4.72. The number of benzene rings is 3. The first-order chi connectivity index (χ1) is 24.9. The van der Waals surface area contributed by atoms with Crippen molar-refractivity contribution in [1.29, 1.82) is 0 Å². The number of likely N-dealkylation sites (N-methyl/N-ethyl adjacent to an activating group) is 2. The molecule has 4 aromatic rings. The summed E-state index contributed by atoms with van der Waals surface area (Å²) >= 11 is 0. The lowest BCUT2D eigenvalue weighted by atomic mass is 10.0. The first kappa shape index (κ1) is 38.1. The Hall–Kier alpha value is -5.09. The Labute approximate surface area is 309 Å². The molecule has 0 aliphatic carbocycles. The standard InChI is InChI=1S/C42H54N6O4/c1-31-10-9-11-35(26-31)47-22-20-34(21-23-47)40-38(30-45(5)24-25-46(6)41(49)52-42(2,3)4)43-27-39(44-40)48(28-32-12-16-36(50-7)17-13-32)29-33-14-18-37(51-8)19-15-33/h9-20,26-27H,21-25,28-30H2,1-8H3. The summed E-state index contributed by atoms with van der Waals surface area (Å²) in [7, 11) is 7.19. The molecule has 1 aliphatic heterocycles. The third-order valence-corrected chi connectivity index (χ3v) is 9.05. The Morgan fingerprint density at radius 1 is 0.865 bits per heavy atom. The zero-order valence-corrected chi connectivity index (χ0v) is 32.1. The summed E-state index contributed by atoms with van der Waals surface area (Å²) in [6, 6.07) is 25.0. The minimum atomic E-state index is -0.541. The van der Waals surface area contributed by atoms with Crippen LogP contribution in [0, 0.1) is 6.92 Å². The fourth-order valence-electron chi connectivity index (χ4n) is 6.08. The molecule has 1 aromatic heterocycles. The SMILES string of the molecule is COc1ccc(CN(Cc2ccc(OC)cc2)c2cnc(CN(C)CCN(C)C(=O)OC(C)(C)C)c(C3=CCN(c4cccc(C)c4)CC3)n2)cc1. The number of hydrogen-bond donors (Lipinski definition) is 0. The van der Waals surface area contributed by atoms with Gasteiger partial charge in [-0.05, 0) is 99.8 Å². The van der Waals surface area contributed by atoms with E-state index in [2.05, 4.69) is 83.3 Å². The molecular weight excluding hydrogens is 652 g/mol. The molecule has 0 saturated carbocycles. The molecule has 10 nitrogen and oxygen atoms in total. The zero-order valence-electron chi connectivity index (χ0n) is 32.1.